The van der Waals surface area contributed by atoms with Crippen LogP contribution >= 0.6 is 11.6 Å². The van der Waals surface area contributed by atoms with Crippen molar-refractivity contribution in [3.63, 3.8) is 0 Å². The Balaban J connectivity index is 2.07. The molecule has 0 aromatic carbocycles. The molecule has 1 fully saturated rings. The zero-order valence-electron chi connectivity index (χ0n) is 14.6. The Bertz CT molecular complexity index is 798. The Kier molecular flexibility index (Phi) is 5.09. The Morgan fingerprint density at radius 1 is 1.40 bits per heavy atom. The van der Waals surface area contributed by atoms with Crippen LogP contribution in [0.2, 0.25) is 5.15 Å². The third kappa shape index (κ3) is 3.40. The van der Waals surface area contributed by atoms with E-state index in [-0.39, 0.29) is 23.5 Å². The number of alkyl halides is 1. The number of hydrogen-bond acceptors (Lipinski definition) is 5. The number of nitrogens with zero attached hydrogens (tertiary/aromatic N) is 5. The average Bonchev–Trinajstić information content (AvgIpc) is 3.03. The van der Waals surface area contributed by atoms with Gasteiger partial charge in [-0.25, -0.2) is 4.39 Å². The molecule has 1 saturated carbocycles. The quantitative estimate of drug-likeness (QED) is 0.830. The summed E-state index contributed by atoms with van der Waals surface area (Å²) in [7, 11) is 0. The first kappa shape index (κ1) is 17.9. The van der Waals surface area contributed by atoms with E-state index in [1.165, 1.54) is 6.33 Å². The highest BCUT2D eigenvalue weighted by Crippen LogP contribution is 2.43. The largest absolute Gasteiger partial charge is 0.367 e. The van der Waals surface area contributed by atoms with Crippen molar-refractivity contribution in [2.45, 2.75) is 58.2 Å². The number of nitriles is 1. The predicted molar refractivity (Wildman–Crippen MR) is 94.3 cm³/mol. The van der Waals surface area contributed by atoms with Crippen LogP contribution in [0, 0.1) is 23.2 Å². The maximum Gasteiger partial charge on any atom is 0.255 e. The number of halogens is 2. The summed E-state index contributed by atoms with van der Waals surface area (Å²) in [6.45, 7) is 6.27. The van der Waals surface area contributed by atoms with E-state index in [4.69, 9.17) is 16.9 Å². The highest BCUT2D eigenvalue weighted by atomic mass is 35.5. The first-order valence-corrected chi connectivity index (χ1v) is 8.99. The lowest BCUT2D eigenvalue weighted by Gasteiger charge is -2.31. The maximum absolute atomic E-state index is 14.8. The van der Waals surface area contributed by atoms with E-state index in [9.17, 15) is 4.39 Å². The van der Waals surface area contributed by atoms with E-state index in [2.05, 4.69) is 47.2 Å². The van der Waals surface area contributed by atoms with E-state index in [0.717, 1.165) is 0 Å². The van der Waals surface area contributed by atoms with E-state index in [1.54, 1.807) is 4.52 Å². The number of aromatic nitrogens is 4. The van der Waals surface area contributed by atoms with Gasteiger partial charge < -0.3 is 5.32 Å². The number of anilines is 1. The van der Waals surface area contributed by atoms with Crippen LogP contribution in [0.3, 0.4) is 0 Å². The summed E-state index contributed by atoms with van der Waals surface area (Å²) in [5.74, 6) is 0.762. The van der Waals surface area contributed by atoms with Crippen LogP contribution in [0.1, 0.15) is 51.5 Å². The summed E-state index contributed by atoms with van der Waals surface area (Å²) in [6, 6.07) is 2.31. The minimum absolute atomic E-state index is 0.137. The molecule has 0 aliphatic heterocycles. The van der Waals surface area contributed by atoms with Crippen molar-refractivity contribution in [3.8, 4) is 6.07 Å². The van der Waals surface area contributed by atoms with Gasteiger partial charge >= 0.3 is 0 Å². The molecule has 0 bridgehead atoms. The fourth-order valence-corrected chi connectivity index (χ4v) is 3.54. The second-order valence-corrected chi connectivity index (χ2v) is 7.43. The van der Waals surface area contributed by atoms with Gasteiger partial charge in [-0.1, -0.05) is 25.4 Å². The Morgan fingerprint density at radius 2 is 2.16 bits per heavy atom. The van der Waals surface area contributed by atoms with Crippen LogP contribution in [-0.2, 0) is 0 Å². The van der Waals surface area contributed by atoms with E-state index in [1.807, 2.05) is 0 Å². The van der Waals surface area contributed by atoms with Gasteiger partial charge in [0.1, 0.15) is 23.5 Å². The van der Waals surface area contributed by atoms with Gasteiger partial charge in [-0.15, -0.1) is 0 Å². The molecule has 6 nitrogen and oxygen atoms in total. The second kappa shape index (κ2) is 7.12. The van der Waals surface area contributed by atoms with Crippen molar-refractivity contribution < 1.29 is 4.39 Å². The van der Waals surface area contributed by atoms with Crippen LogP contribution < -0.4 is 5.32 Å². The van der Waals surface area contributed by atoms with Gasteiger partial charge in [0.2, 0.25) is 0 Å². The van der Waals surface area contributed by atoms with Crippen LogP contribution in [0.15, 0.2) is 6.33 Å². The summed E-state index contributed by atoms with van der Waals surface area (Å²) in [6.07, 6.45) is 1.73. The molecule has 2 aromatic heterocycles. The maximum atomic E-state index is 14.8. The summed E-state index contributed by atoms with van der Waals surface area (Å²) < 4.78 is 16.4. The number of nitrogens with one attached hydrogen (secondary N) is 1. The fraction of sp³-hybridized carbons (Fsp3) is 0.647. The van der Waals surface area contributed by atoms with E-state index in [0.29, 0.717) is 35.9 Å². The van der Waals surface area contributed by atoms with Gasteiger partial charge in [0.15, 0.2) is 0 Å². The third-order valence-electron chi connectivity index (χ3n) is 5.11. The molecular weight excluding hydrogens is 343 g/mol. The number of hydrogen-bond donors (Lipinski definition) is 1. The van der Waals surface area contributed by atoms with Crippen molar-refractivity contribution in [1.82, 2.24) is 19.6 Å². The summed E-state index contributed by atoms with van der Waals surface area (Å²) >= 11 is 6.43. The molecule has 0 radical (unpaired) electrons. The molecule has 1 aliphatic rings. The van der Waals surface area contributed by atoms with Crippen LogP contribution in [0.25, 0.3) is 5.78 Å². The molecule has 3 rings (SSSR count). The summed E-state index contributed by atoms with van der Waals surface area (Å²) in [5, 5.41) is 17.0. The Morgan fingerprint density at radius 3 is 2.80 bits per heavy atom. The van der Waals surface area contributed by atoms with Crippen molar-refractivity contribution in [2.75, 3.05) is 5.32 Å². The second-order valence-electron chi connectivity index (χ2n) is 7.08. The molecule has 25 heavy (non-hydrogen) atoms. The molecule has 2 heterocycles. The zero-order chi connectivity index (χ0) is 18.1. The molecular formula is C17H22ClFN6. The molecule has 1 aliphatic carbocycles. The van der Waals surface area contributed by atoms with E-state index < -0.39 is 12.1 Å². The van der Waals surface area contributed by atoms with E-state index >= 15 is 0 Å². The van der Waals surface area contributed by atoms with Gasteiger partial charge in [-0.3, -0.25) is 0 Å². The first-order valence-electron chi connectivity index (χ1n) is 8.61. The lowest BCUT2D eigenvalue weighted by Crippen LogP contribution is -2.29. The molecule has 4 atom stereocenters. The molecule has 8 heteroatoms. The van der Waals surface area contributed by atoms with Gasteiger partial charge in [0, 0.05) is 23.4 Å². The highest BCUT2D eigenvalue weighted by Gasteiger charge is 2.36. The summed E-state index contributed by atoms with van der Waals surface area (Å²) in [4.78, 5) is 8.38. The smallest absolute Gasteiger partial charge is 0.255 e. The topological polar surface area (TPSA) is 78.9 Å². The average molecular weight is 365 g/mol. The fourth-order valence-electron chi connectivity index (χ4n) is 3.24. The molecule has 2 aromatic rings. The van der Waals surface area contributed by atoms with Crippen LogP contribution in [-0.4, -0.2) is 31.8 Å². The van der Waals surface area contributed by atoms with Gasteiger partial charge in [-0.2, -0.15) is 24.8 Å². The molecule has 3 unspecified atom stereocenters. The molecule has 0 amide bonds. The van der Waals surface area contributed by atoms with Gasteiger partial charge in [0.25, 0.3) is 5.78 Å². The van der Waals surface area contributed by atoms with Crippen LogP contribution in [0.5, 0.6) is 0 Å². The van der Waals surface area contributed by atoms with Crippen molar-refractivity contribution >= 4 is 23.2 Å². The minimum Gasteiger partial charge on any atom is -0.367 e. The van der Waals surface area contributed by atoms with Gasteiger partial charge in [0.05, 0.1) is 6.07 Å². The normalized spacial score (nSPS) is 25.1. The standard InChI is InChI=1S/C17H22ClFN6/c1-9(2)10(3)23-16-14(12-5-4-11(7-20)6-13(12)19)15(18)24-17-21-8-22-25(16)17/h8-13,23H,4-6H2,1-3H3/t10-,11?,12?,13?/m1/s1. The highest BCUT2D eigenvalue weighted by molar-refractivity contribution is 6.30. The molecule has 0 spiro atoms. The molecule has 134 valence electrons. The monoisotopic (exact) mass is 364 g/mol. The third-order valence-corrected chi connectivity index (χ3v) is 5.40. The Labute approximate surface area is 151 Å². The van der Waals surface area contributed by atoms with Crippen LogP contribution in [0.4, 0.5) is 10.2 Å². The van der Waals surface area contributed by atoms with Crippen molar-refractivity contribution in [3.05, 3.63) is 17.0 Å². The summed E-state index contributed by atoms with van der Waals surface area (Å²) in [5.41, 5.74) is 0.635. The van der Waals surface area contributed by atoms with Gasteiger partial charge in [-0.05, 0) is 32.1 Å². The molecule has 0 saturated heterocycles. The van der Waals surface area contributed by atoms with Crippen molar-refractivity contribution in [1.29, 1.82) is 5.26 Å². The Hall–Kier alpha value is -1.94. The predicted octanol–water partition coefficient (Wildman–Crippen LogP) is 3.98. The first-order chi connectivity index (χ1) is 11.9. The zero-order valence-corrected chi connectivity index (χ0v) is 15.3. The van der Waals surface area contributed by atoms with Crippen molar-refractivity contribution in [2.24, 2.45) is 11.8 Å². The lowest BCUT2D eigenvalue weighted by molar-refractivity contribution is 0.191. The SMILES string of the molecule is CC(C)[C@@H](C)Nc1c(C2CCC(C#N)CC2F)c(Cl)nc2ncnn12. The number of fused-ring (bicyclic) bond motifs is 1. The lowest BCUT2D eigenvalue weighted by atomic mass is 9.78. The molecule has 1 N–H and O–H groups in total. The minimum atomic E-state index is -1.13. The number of rotatable bonds is 4.